The molecule has 0 aliphatic carbocycles. The standard InChI is InChI=1S/C18H29N5O3/c1-3-23-16(6-7-20-23)18(25)19-13-15-5-4-14(21(15)2)12-17(24)22-8-10-26-11-9-22/h6-7,14-15H,3-5,8-13H2,1-2H3,(H,19,25)/t14-,15+/m1/s1. The smallest absolute Gasteiger partial charge is 0.269 e. The summed E-state index contributed by atoms with van der Waals surface area (Å²) in [6.07, 6.45) is 4.17. The predicted molar refractivity (Wildman–Crippen MR) is 96.8 cm³/mol. The van der Waals surface area contributed by atoms with Crippen LogP contribution in [0.25, 0.3) is 0 Å². The first-order valence-corrected chi connectivity index (χ1v) is 9.47. The zero-order valence-electron chi connectivity index (χ0n) is 15.7. The molecule has 2 atom stereocenters. The van der Waals surface area contributed by atoms with Gasteiger partial charge in [-0.1, -0.05) is 0 Å². The summed E-state index contributed by atoms with van der Waals surface area (Å²) in [5, 5.41) is 7.15. The number of ether oxygens (including phenoxy) is 1. The van der Waals surface area contributed by atoms with Crippen LogP contribution in [0.1, 0.15) is 36.7 Å². The van der Waals surface area contributed by atoms with Crippen molar-refractivity contribution in [1.82, 2.24) is 24.9 Å². The summed E-state index contributed by atoms with van der Waals surface area (Å²) < 4.78 is 7.00. The Balaban J connectivity index is 1.47. The molecule has 1 N–H and O–H groups in total. The van der Waals surface area contributed by atoms with E-state index in [0.717, 1.165) is 12.8 Å². The van der Waals surface area contributed by atoms with E-state index < -0.39 is 0 Å². The molecule has 0 aromatic carbocycles. The van der Waals surface area contributed by atoms with Gasteiger partial charge in [0.05, 0.1) is 13.2 Å². The van der Waals surface area contributed by atoms with Gasteiger partial charge in [-0.25, -0.2) is 0 Å². The Morgan fingerprint density at radius 3 is 2.73 bits per heavy atom. The van der Waals surface area contributed by atoms with Gasteiger partial charge in [0.1, 0.15) is 5.69 Å². The van der Waals surface area contributed by atoms with E-state index in [1.165, 1.54) is 0 Å². The third kappa shape index (κ3) is 4.24. The summed E-state index contributed by atoms with van der Waals surface area (Å²) in [4.78, 5) is 29.0. The minimum absolute atomic E-state index is 0.0920. The van der Waals surface area contributed by atoms with Gasteiger partial charge in [-0.3, -0.25) is 19.2 Å². The maximum absolute atomic E-state index is 12.5. The molecule has 2 amide bonds. The first-order chi connectivity index (χ1) is 12.6. The van der Waals surface area contributed by atoms with Crippen molar-refractivity contribution in [2.75, 3.05) is 39.9 Å². The average molecular weight is 363 g/mol. The minimum Gasteiger partial charge on any atom is -0.378 e. The number of nitrogens with one attached hydrogen (secondary N) is 1. The first kappa shape index (κ1) is 18.8. The Kier molecular flexibility index (Phi) is 6.26. The lowest BCUT2D eigenvalue weighted by Gasteiger charge is -2.30. The number of nitrogens with zero attached hydrogens (tertiary/aromatic N) is 4. The number of amides is 2. The van der Waals surface area contributed by atoms with Crippen LogP contribution in [-0.4, -0.2) is 83.4 Å². The molecule has 0 spiro atoms. The van der Waals surface area contributed by atoms with Crippen molar-refractivity contribution >= 4 is 11.8 Å². The number of rotatable bonds is 6. The van der Waals surface area contributed by atoms with Crippen LogP contribution >= 0.6 is 0 Å². The summed E-state index contributed by atoms with van der Waals surface area (Å²) in [6, 6.07) is 2.24. The van der Waals surface area contributed by atoms with Gasteiger partial charge in [-0.05, 0) is 32.9 Å². The molecule has 1 aromatic heterocycles. The van der Waals surface area contributed by atoms with E-state index in [9.17, 15) is 9.59 Å². The van der Waals surface area contributed by atoms with E-state index in [0.29, 0.717) is 51.5 Å². The Morgan fingerprint density at radius 1 is 1.27 bits per heavy atom. The highest BCUT2D eigenvalue weighted by Gasteiger charge is 2.33. The molecule has 1 aromatic rings. The zero-order valence-corrected chi connectivity index (χ0v) is 15.7. The number of hydrogen-bond acceptors (Lipinski definition) is 5. The summed E-state index contributed by atoms with van der Waals surface area (Å²) >= 11 is 0. The second kappa shape index (κ2) is 8.64. The summed E-state index contributed by atoms with van der Waals surface area (Å²) in [6.45, 7) is 5.88. The molecule has 8 nitrogen and oxygen atoms in total. The topological polar surface area (TPSA) is 79.7 Å². The van der Waals surface area contributed by atoms with Crippen LogP contribution in [0.5, 0.6) is 0 Å². The Labute approximate surface area is 154 Å². The second-order valence-corrected chi connectivity index (χ2v) is 6.99. The zero-order chi connectivity index (χ0) is 18.5. The number of carbonyl (C=O) groups excluding carboxylic acids is 2. The second-order valence-electron chi connectivity index (χ2n) is 6.99. The molecule has 2 aliphatic heterocycles. The molecule has 144 valence electrons. The van der Waals surface area contributed by atoms with Gasteiger partial charge in [0.15, 0.2) is 0 Å². The van der Waals surface area contributed by atoms with E-state index in [2.05, 4.69) is 22.4 Å². The Morgan fingerprint density at radius 2 is 2.00 bits per heavy atom. The fourth-order valence-corrected chi connectivity index (χ4v) is 3.80. The molecule has 2 aliphatic rings. The van der Waals surface area contributed by atoms with Gasteiger partial charge < -0.3 is 15.0 Å². The van der Waals surface area contributed by atoms with Crippen molar-refractivity contribution in [3.8, 4) is 0 Å². The molecule has 3 rings (SSSR count). The maximum atomic E-state index is 12.5. The van der Waals surface area contributed by atoms with Crippen LogP contribution in [0.4, 0.5) is 0 Å². The molecular weight excluding hydrogens is 334 g/mol. The molecule has 0 radical (unpaired) electrons. The van der Waals surface area contributed by atoms with E-state index in [1.807, 2.05) is 11.8 Å². The number of aromatic nitrogens is 2. The van der Waals surface area contributed by atoms with Gasteiger partial charge in [0, 0.05) is 50.9 Å². The quantitative estimate of drug-likeness (QED) is 0.789. The van der Waals surface area contributed by atoms with E-state index in [4.69, 9.17) is 4.74 Å². The highest BCUT2D eigenvalue weighted by atomic mass is 16.5. The molecule has 2 saturated heterocycles. The van der Waals surface area contributed by atoms with Crippen molar-refractivity contribution in [2.45, 2.75) is 44.8 Å². The van der Waals surface area contributed by atoms with Crippen molar-refractivity contribution in [3.05, 3.63) is 18.0 Å². The molecule has 26 heavy (non-hydrogen) atoms. The lowest BCUT2D eigenvalue weighted by molar-refractivity contribution is -0.136. The van der Waals surface area contributed by atoms with Gasteiger partial charge in [0.25, 0.3) is 5.91 Å². The van der Waals surface area contributed by atoms with Gasteiger partial charge in [-0.2, -0.15) is 5.10 Å². The van der Waals surface area contributed by atoms with Crippen LogP contribution in [0.3, 0.4) is 0 Å². The molecular formula is C18H29N5O3. The monoisotopic (exact) mass is 363 g/mol. The minimum atomic E-state index is -0.0920. The van der Waals surface area contributed by atoms with Crippen LogP contribution in [0.15, 0.2) is 12.3 Å². The largest absolute Gasteiger partial charge is 0.378 e. The Bertz CT molecular complexity index is 626. The van der Waals surface area contributed by atoms with E-state index in [1.54, 1.807) is 16.9 Å². The number of aryl methyl sites for hydroxylation is 1. The van der Waals surface area contributed by atoms with Crippen molar-refractivity contribution < 1.29 is 14.3 Å². The normalized spacial score (nSPS) is 24.0. The van der Waals surface area contributed by atoms with E-state index >= 15 is 0 Å². The van der Waals surface area contributed by atoms with Crippen molar-refractivity contribution in [3.63, 3.8) is 0 Å². The SMILES string of the molecule is CCn1nccc1C(=O)NC[C@@H]1CC[C@H](CC(=O)N2CCOCC2)N1C. The lowest BCUT2D eigenvalue weighted by atomic mass is 10.1. The molecule has 0 saturated carbocycles. The molecule has 3 heterocycles. The number of likely N-dealkylation sites (N-methyl/N-ethyl adjacent to an activating group) is 1. The predicted octanol–water partition coefficient (Wildman–Crippen LogP) is 0.345. The third-order valence-corrected chi connectivity index (χ3v) is 5.51. The highest BCUT2D eigenvalue weighted by molar-refractivity contribution is 5.92. The highest BCUT2D eigenvalue weighted by Crippen LogP contribution is 2.25. The van der Waals surface area contributed by atoms with Crippen molar-refractivity contribution in [1.29, 1.82) is 0 Å². The summed E-state index contributed by atoms with van der Waals surface area (Å²) in [5.41, 5.74) is 0.590. The molecule has 8 heteroatoms. The first-order valence-electron chi connectivity index (χ1n) is 9.47. The summed E-state index contributed by atoms with van der Waals surface area (Å²) in [5.74, 6) is 0.118. The molecule has 0 bridgehead atoms. The van der Waals surface area contributed by atoms with Crippen LogP contribution < -0.4 is 5.32 Å². The molecule has 2 fully saturated rings. The average Bonchev–Trinajstić information content (AvgIpc) is 3.28. The van der Waals surface area contributed by atoms with Gasteiger partial charge in [-0.15, -0.1) is 0 Å². The number of morpholine rings is 1. The lowest BCUT2D eigenvalue weighted by Crippen LogP contribution is -2.45. The van der Waals surface area contributed by atoms with Crippen LogP contribution in [0, 0.1) is 0 Å². The number of carbonyl (C=O) groups is 2. The van der Waals surface area contributed by atoms with Crippen LogP contribution in [0.2, 0.25) is 0 Å². The third-order valence-electron chi connectivity index (χ3n) is 5.51. The Hall–Kier alpha value is -1.93. The fourth-order valence-electron chi connectivity index (χ4n) is 3.80. The van der Waals surface area contributed by atoms with Crippen molar-refractivity contribution in [2.24, 2.45) is 0 Å². The van der Waals surface area contributed by atoms with Crippen LogP contribution in [-0.2, 0) is 16.1 Å². The van der Waals surface area contributed by atoms with E-state index in [-0.39, 0.29) is 23.9 Å². The maximum Gasteiger partial charge on any atom is 0.269 e. The molecule has 0 unspecified atom stereocenters. The number of likely N-dealkylation sites (tertiary alicyclic amines) is 1. The van der Waals surface area contributed by atoms with Gasteiger partial charge in [0.2, 0.25) is 5.91 Å². The van der Waals surface area contributed by atoms with Gasteiger partial charge >= 0.3 is 0 Å². The summed E-state index contributed by atoms with van der Waals surface area (Å²) in [7, 11) is 2.05. The number of hydrogen-bond donors (Lipinski definition) is 1. The fraction of sp³-hybridized carbons (Fsp3) is 0.722.